The van der Waals surface area contributed by atoms with Gasteiger partial charge in [0, 0.05) is 13.6 Å². The molecule has 1 rings (SSSR count). The Labute approximate surface area is 108 Å². The lowest BCUT2D eigenvalue weighted by molar-refractivity contribution is 0.0366. The Bertz CT molecular complexity index is 422. The number of rotatable bonds is 5. The van der Waals surface area contributed by atoms with Crippen LogP contribution in [0.25, 0.3) is 0 Å². The van der Waals surface area contributed by atoms with Crippen molar-refractivity contribution < 1.29 is 9.90 Å². The highest BCUT2D eigenvalue weighted by Crippen LogP contribution is 2.15. The summed E-state index contributed by atoms with van der Waals surface area (Å²) in [6, 6.07) is 1.73. The number of aromatic nitrogens is 2. The van der Waals surface area contributed by atoms with Gasteiger partial charge in [0.1, 0.15) is 5.69 Å². The molecule has 5 heteroatoms. The summed E-state index contributed by atoms with van der Waals surface area (Å²) >= 11 is 0. The minimum absolute atomic E-state index is 0.206. The minimum atomic E-state index is -0.878. The number of aryl methyl sites for hydroxylation is 2. The van der Waals surface area contributed by atoms with Crippen molar-refractivity contribution in [3.63, 3.8) is 0 Å². The van der Waals surface area contributed by atoms with E-state index in [1.54, 1.807) is 24.7 Å². The lowest BCUT2D eigenvalue weighted by atomic mass is 9.94. The fourth-order valence-electron chi connectivity index (χ4n) is 2.14. The van der Waals surface area contributed by atoms with Crippen LogP contribution < -0.4 is 5.32 Å². The number of nitrogens with zero attached hydrogens (tertiary/aromatic N) is 2. The maximum atomic E-state index is 11.9. The van der Waals surface area contributed by atoms with Crippen molar-refractivity contribution in [2.75, 3.05) is 6.54 Å². The zero-order chi connectivity index (χ0) is 13.9. The van der Waals surface area contributed by atoms with Gasteiger partial charge in [0.15, 0.2) is 0 Å². The van der Waals surface area contributed by atoms with Crippen LogP contribution in [0.3, 0.4) is 0 Å². The maximum Gasteiger partial charge on any atom is 0.269 e. The molecule has 0 saturated heterocycles. The Hall–Kier alpha value is -1.36. The van der Waals surface area contributed by atoms with Gasteiger partial charge >= 0.3 is 0 Å². The van der Waals surface area contributed by atoms with Crippen LogP contribution in [-0.2, 0) is 7.05 Å². The van der Waals surface area contributed by atoms with Crippen molar-refractivity contribution in [2.24, 2.45) is 13.0 Å². The van der Waals surface area contributed by atoms with Gasteiger partial charge in [-0.05, 0) is 32.3 Å². The van der Waals surface area contributed by atoms with Crippen LogP contribution >= 0.6 is 0 Å². The second-order valence-corrected chi connectivity index (χ2v) is 5.57. The SMILES string of the molecule is Cc1cc(C(=O)NCC(C)(O)CC(C)C)n(C)n1. The van der Waals surface area contributed by atoms with Gasteiger partial charge < -0.3 is 10.4 Å². The third-order valence-electron chi connectivity index (χ3n) is 2.71. The fourth-order valence-corrected chi connectivity index (χ4v) is 2.14. The fraction of sp³-hybridized carbons (Fsp3) is 0.692. The van der Waals surface area contributed by atoms with Crippen molar-refractivity contribution in [3.05, 3.63) is 17.5 Å². The molecule has 0 aromatic carbocycles. The first-order valence-corrected chi connectivity index (χ1v) is 6.22. The summed E-state index contributed by atoms with van der Waals surface area (Å²) in [6.07, 6.45) is 0.650. The first-order chi connectivity index (χ1) is 8.21. The number of carbonyl (C=O) groups excluding carboxylic acids is 1. The van der Waals surface area contributed by atoms with Crippen LogP contribution in [0.2, 0.25) is 0 Å². The van der Waals surface area contributed by atoms with Gasteiger partial charge in [-0.1, -0.05) is 13.8 Å². The van der Waals surface area contributed by atoms with Gasteiger partial charge in [-0.15, -0.1) is 0 Å². The number of nitrogens with one attached hydrogen (secondary N) is 1. The normalized spacial score (nSPS) is 14.6. The molecule has 102 valence electrons. The second kappa shape index (κ2) is 5.52. The third kappa shape index (κ3) is 4.14. The Kier molecular flexibility index (Phi) is 4.51. The highest BCUT2D eigenvalue weighted by molar-refractivity contribution is 5.92. The van der Waals surface area contributed by atoms with Crippen LogP contribution in [0.4, 0.5) is 0 Å². The summed E-state index contributed by atoms with van der Waals surface area (Å²) in [5, 5.41) is 17.0. The molecule has 0 fully saturated rings. The molecule has 1 unspecified atom stereocenters. The largest absolute Gasteiger partial charge is 0.388 e. The molecule has 1 heterocycles. The quantitative estimate of drug-likeness (QED) is 0.830. The molecular formula is C13H23N3O2. The third-order valence-corrected chi connectivity index (χ3v) is 2.71. The summed E-state index contributed by atoms with van der Waals surface area (Å²) in [7, 11) is 1.73. The van der Waals surface area contributed by atoms with Gasteiger partial charge in [-0.2, -0.15) is 5.10 Å². The van der Waals surface area contributed by atoms with Crippen LogP contribution in [0, 0.1) is 12.8 Å². The van der Waals surface area contributed by atoms with Crippen molar-refractivity contribution in [2.45, 2.75) is 39.7 Å². The molecule has 0 aliphatic heterocycles. The molecule has 0 bridgehead atoms. The molecule has 1 amide bonds. The van der Waals surface area contributed by atoms with E-state index < -0.39 is 5.60 Å². The van der Waals surface area contributed by atoms with E-state index in [4.69, 9.17) is 0 Å². The van der Waals surface area contributed by atoms with Crippen molar-refractivity contribution in [1.82, 2.24) is 15.1 Å². The molecule has 0 spiro atoms. The lowest BCUT2D eigenvalue weighted by Gasteiger charge is -2.25. The summed E-state index contributed by atoms with van der Waals surface area (Å²) in [4.78, 5) is 11.9. The highest BCUT2D eigenvalue weighted by Gasteiger charge is 2.23. The summed E-state index contributed by atoms with van der Waals surface area (Å²) in [5.74, 6) is 0.179. The predicted molar refractivity (Wildman–Crippen MR) is 70.4 cm³/mol. The van der Waals surface area contributed by atoms with Crippen molar-refractivity contribution in [1.29, 1.82) is 0 Å². The Morgan fingerprint density at radius 2 is 2.22 bits per heavy atom. The number of aliphatic hydroxyl groups is 1. The highest BCUT2D eigenvalue weighted by atomic mass is 16.3. The number of carbonyl (C=O) groups is 1. The van der Waals surface area contributed by atoms with Crippen molar-refractivity contribution in [3.8, 4) is 0 Å². The first kappa shape index (κ1) is 14.7. The minimum Gasteiger partial charge on any atom is -0.388 e. The van der Waals surface area contributed by atoms with Crippen LogP contribution in [0.5, 0.6) is 0 Å². The number of hydrogen-bond acceptors (Lipinski definition) is 3. The summed E-state index contributed by atoms with van der Waals surface area (Å²) in [6.45, 7) is 7.91. The van der Waals surface area contributed by atoms with E-state index in [1.807, 2.05) is 20.8 Å². The summed E-state index contributed by atoms with van der Waals surface area (Å²) < 4.78 is 1.54. The van der Waals surface area contributed by atoms with Crippen molar-refractivity contribution >= 4 is 5.91 Å². The first-order valence-electron chi connectivity index (χ1n) is 6.22. The molecular weight excluding hydrogens is 230 g/mol. The predicted octanol–water partition coefficient (Wildman–Crippen LogP) is 1.26. The molecule has 0 aliphatic carbocycles. The summed E-state index contributed by atoms with van der Waals surface area (Å²) in [5.41, 5.74) is 0.432. The van der Waals surface area contributed by atoms with E-state index in [1.165, 1.54) is 0 Å². The Morgan fingerprint density at radius 1 is 1.61 bits per heavy atom. The molecule has 1 aromatic rings. The molecule has 5 nitrogen and oxygen atoms in total. The van der Waals surface area contributed by atoms with Gasteiger partial charge in [0.25, 0.3) is 5.91 Å². The monoisotopic (exact) mass is 253 g/mol. The van der Waals surface area contributed by atoms with Crippen LogP contribution in [-0.4, -0.2) is 32.9 Å². The standard InChI is InChI=1S/C13H23N3O2/c1-9(2)7-13(4,18)8-14-12(17)11-6-10(3)15-16(11)5/h6,9,18H,7-8H2,1-5H3,(H,14,17). The van der Waals surface area contributed by atoms with Gasteiger partial charge in [0.05, 0.1) is 11.3 Å². The molecule has 0 saturated carbocycles. The lowest BCUT2D eigenvalue weighted by Crippen LogP contribution is -2.41. The molecule has 2 N–H and O–H groups in total. The molecule has 0 radical (unpaired) electrons. The van der Waals surface area contributed by atoms with E-state index in [-0.39, 0.29) is 12.5 Å². The molecule has 0 aliphatic rings. The van der Waals surface area contributed by atoms with Crippen LogP contribution in [0.1, 0.15) is 43.4 Å². The average Bonchev–Trinajstić information content (AvgIpc) is 2.52. The van der Waals surface area contributed by atoms with E-state index in [0.29, 0.717) is 18.0 Å². The number of amides is 1. The average molecular weight is 253 g/mol. The maximum absolute atomic E-state index is 11.9. The number of hydrogen-bond donors (Lipinski definition) is 2. The Balaban J connectivity index is 2.59. The topological polar surface area (TPSA) is 67.2 Å². The zero-order valence-corrected chi connectivity index (χ0v) is 11.8. The van der Waals surface area contributed by atoms with E-state index in [0.717, 1.165) is 5.69 Å². The van der Waals surface area contributed by atoms with E-state index >= 15 is 0 Å². The van der Waals surface area contributed by atoms with E-state index in [2.05, 4.69) is 10.4 Å². The van der Waals surface area contributed by atoms with Gasteiger partial charge in [-0.25, -0.2) is 0 Å². The zero-order valence-electron chi connectivity index (χ0n) is 11.8. The smallest absolute Gasteiger partial charge is 0.269 e. The molecule has 1 aromatic heterocycles. The Morgan fingerprint density at radius 3 is 2.67 bits per heavy atom. The molecule has 1 atom stereocenters. The van der Waals surface area contributed by atoms with Crippen LogP contribution in [0.15, 0.2) is 6.07 Å². The van der Waals surface area contributed by atoms with Gasteiger partial charge in [0.2, 0.25) is 0 Å². The van der Waals surface area contributed by atoms with Gasteiger partial charge in [-0.3, -0.25) is 9.48 Å². The molecule has 18 heavy (non-hydrogen) atoms. The van der Waals surface area contributed by atoms with E-state index in [9.17, 15) is 9.90 Å². The second-order valence-electron chi connectivity index (χ2n) is 5.57.